The Labute approximate surface area is 75.1 Å². The van der Waals surface area contributed by atoms with Gasteiger partial charge in [0.05, 0.1) is 6.61 Å². The van der Waals surface area contributed by atoms with Crippen LogP contribution in [0.15, 0.2) is 0 Å². The van der Waals surface area contributed by atoms with Crippen molar-refractivity contribution in [2.45, 2.75) is 12.0 Å². The maximum Gasteiger partial charge on any atom is 0.347 e. The first-order valence-electron chi connectivity index (χ1n) is 3.52. The third-order valence-corrected chi connectivity index (χ3v) is 1.70. The van der Waals surface area contributed by atoms with Crippen LogP contribution in [0.2, 0.25) is 0 Å². The summed E-state index contributed by atoms with van der Waals surface area (Å²) >= 11 is 0. The van der Waals surface area contributed by atoms with Gasteiger partial charge in [-0.3, -0.25) is 0 Å². The van der Waals surface area contributed by atoms with Crippen molar-refractivity contribution in [3.05, 3.63) is 0 Å². The van der Waals surface area contributed by atoms with Crippen LogP contribution in [0.4, 0.5) is 0 Å². The maximum absolute atomic E-state index is 10.6. The number of aliphatic carboxylic acids is 2. The first-order valence-corrected chi connectivity index (χ1v) is 3.52. The first-order chi connectivity index (χ1) is 6.01. The fraction of sp³-hybridized carbons (Fsp3) is 0.714. The van der Waals surface area contributed by atoms with Crippen molar-refractivity contribution >= 4 is 11.9 Å². The fourth-order valence-corrected chi connectivity index (χ4v) is 0.828. The Morgan fingerprint density at radius 3 is 1.92 bits per heavy atom. The molecular weight excluding hydrogens is 180 g/mol. The van der Waals surface area contributed by atoms with Gasteiger partial charge >= 0.3 is 11.9 Å². The van der Waals surface area contributed by atoms with E-state index in [-0.39, 0.29) is 13.0 Å². The number of carbonyl (C=O) groups is 2. The van der Waals surface area contributed by atoms with Crippen LogP contribution < -0.4 is 0 Å². The van der Waals surface area contributed by atoms with Crippen LogP contribution >= 0.6 is 0 Å². The van der Waals surface area contributed by atoms with Crippen molar-refractivity contribution in [2.24, 2.45) is 0 Å². The van der Waals surface area contributed by atoms with Crippen molar-refractivity contribution in [3.8, 4) is 0 Å². The van der Waals surface area contributed by atoms with Gasteiger partial charge in [-0.25, -0.2) is 9.59 Å². The molecule has 0 aromatic heterocycles. The lowest BCUT2D eigenvalue weighted by Gasteiger charge is -2.22. The van der Waals surface area contributed by atoms with Crippen molar-refractivity contribution in [1.29, 1.82) is 0 Å². The third kappa shape index (κ3) is 2.40. The summed E-state index contributed by atoms with van der Waals surface area (Å²) < 4.78 is 9.08. The highest BCUT2D eigenvalue weighted by Crippen LogP contribution is 2.16. The van der Waals surface area contributed by atoms with Gasteiger partial charge in [0.15, 0.2) is 0 Å². The maximum atomic E-state index is 10.6. The number of hydrogen-bond acceptors (Lipinski definition) is 4. The highest BCUT2D eigenvalue weighted by atomic mass is 16.5. The van der Waals surface area contributed by atoms with Crippen molar-refractivity contribution in [2.75, 3.05) is 20.8 Å². The lowest BCUT2D eigenvalue weighted by Crippen LogP contribution is -2.49. The van der Waals surface area contributed by atoms with Crippen LogP contribution in [0.5, 0.6) is 0 Å². The van der Waals surface area contributed by atoms with Crippen LogP contribution in [-0.2, 0) is 19.1 Å². The van der Waals surface area contributed by atoms with E-state index in [1.807, 2.05) is 0 Å². The molecule has 0 spiro atoms. The van der Waals surface area contributed by atoms with Crippen LogP contribution in [0.1, 0.15) is 6.42 Å². The average Bonchev–Trinajstić information content (AvgIpc) is 2.05. The summed E-state index contributed by atoms with van der Waals surface area (Å²) in [7, 11) is 2.39. The zero-order valence-electron chi connectivity index (χ0n) is 7.44. The molecule has 0 fully saturated rings. The molecule has 6 heteroatoms. The topological polar surface area (TPSA) is 93.1 Å². The number of carboxylic acid groups (broad SMARTS) is 2. The number of methoxy groups -OCH3 is 2. The molecule has 6 nitrogen and oxygen atoms in total. The van der Waals surface area contributed by atoms with E-state index in [1.165, 1.54) is 7.11 Å². The van der Waals surface area contributed by atoms with Gasteiger partial charge in [0.25, 0.3) is 5.60 Å². The summed E-state index contributed by atoms with van der Waals surface area (Å²) in [5.74, 6) is -3.06. The largest absolute Gasteiger partial charge is 0.479 e. The van der Waals surface area contributed by atoms with Gasteiger partial charge in [-0.2, -0.15) is 0 Å². The van der Waals surface area contributed by atoms with Gasteiger partial charge in [0.1, 0.15) is 0 Å². The normalized spacial score (nSPS) is 11.2. The Morgan fingerprint density at radius 2 is 1.69 bits per heavy atom. The molecule has 0 unspecified atom stereocenters. The second-order valence-electron chi connectivity index (χ2n) is 2.38. The summed E-state index contributed by atoms with van der Waals surface area (Å²) in [6, 6.07) is 0. The average molecular weight is 192 g/mol. The van der Waals surface area contributed by atoms with Crippen LogP contribution in [0, 0.1) is 0 Å². The summed E-state index contributed by atoms with van der Waals surface area (Å²) in [5.41, 5.74) is -2.20. The van der Waals surface area contributed by atoms with Crippen LogP contribution in [0.25, 0.3) is 0 Å². The quantitative estimate of drug-likeness (QED) is 0.555. The van der Waals surface area contributed by atoms with E-state index in [9.17, 15) is 9.59 Å². The summed E-state index contributed by atoms with van der Waals surface area (Å²) in [5, 5.41) is 17.3. The lowest BCUT2D eigenvalue weighted by molar-refractivity contribution is -0.181. The lowest BCUT2D eigenvalue weighted by atomic mass is 10.0. The minimum atomic E-state index is -2.20. The number of rotatable bonds is 6. The molecule has 0 saturated carbocycles. The number of hydrogen-bond donors (Lipinski definition) is 2. The number of ether oxygens (including phenoxy) is 2. The molecule has 0 saturated heterocycles. The molecule has 0 aliphatic rings. The zero-order valence-corrected chi connectivity index (χ0v) is 7.44. The van der Waals surface area contributed by atoms with E-state index in [4.69, 9.17) is 10.2 Å². The minimum absolute atomic E-state index is 0.00639. The molecule has 0 atom stereocenters. The Hall–Kier alpha value is -1.14. The van der Waals surface area contributed by atoms with Crippen molar-refractivity contribution < 1.29 is 29.3 Å². The standard InChI is InChI=1S/C7H12O6/c1-12-4-3-7(13-2,5(8)9)6(10)11/h3-4H2,1-2H3,(H,8,9)(H,10,11). The van der Waals surface area contributed by atoms with E-state index in [1.54, 1.807) is 0 Å². The van der Waals surface area contributed by atoms with Crippen molar-refractivity contribution in [3.63, 3.8) is 0 Å². The van der Waals surface area contributed by atoms with E-state index in [2.05, 4.69) is 9.47 Å². The molecule has 0 bridgehead atoms. The molecule has 0 aromatic rings. The molecule has 0 radical (unpaired) electrons. The summed E-state index contributed by atoms with van der Waals surface area (Å²) in [6.45, 7) is 0.00639. The summed E-state index contributed by atoms with van der Waals surface area (Å²) in [6.07, 6.45) is -0.231. The predicted molar refractivity (Wildman–Crippen MR) is 41.5 cm³/mol. The third-order valence-electron chi connectivity index (χ3n) is 1.70. The Balaban J connectivity index is 4.66. The fourth-order valence-electron chi connectivity index (χ4n) is 0.828. The second kappa shape index (κ2) is 4.78. The molecule has 0 aromatic carbocycles. The Morgan fingerprint density at radius 1 is 1.23 bits per heavy atom. The molecule has 0 rings (SSSR count). The minimum Gasteiger partial charge on any atom is -0.479 e. The highest BCUT2D eigenvalue weighted by Gasteiger charge is 2.46. The van der Waals surface area contributed by atoms with Gasteiger partial charge in [-0.1, -0.05) is 0 Å². The molecule has 76 valence electrons. The van der Waals surface area contributed by atoms with E-state index < -0.39 is 17.5 Å². The van der Waals surface area contributed by atoms with Crippen LogP contribution in [0.3, 0.4) is 0 Å². The molecule has 2 N–H and O–H groups in total. The SMILES string of the molecule is COCCC(OC)(C(=O)O)C(=O)O. The molecule has 0 aliphatic heterocycles. The predicted octanol–water partition coefficient (Wildman–Crippen LogP) is -0.423. The van der Waals surface area contributed by atoms with Gasteiger partial charge in [0.2, 0.25) is 0 Å². The summed E-state index contributed by atoms with van der Waals surface area (Å²) in [4.78, 5) is 21.3. The monoisotopic (exact) mass is 192 g/mol. The molecule has 0 amide bonds. The Kier molecular flexibility index (Phi) is 4.36. The highest BCUT2D eigenvalue weighted by molar-refractivity contribution is 6.01. The van der Waals surface area contributed by atoms with Crippen molar-refractivity contribution in [1.82, 2.24) is 0 Å². The van der Waals surface area contributed by atoms with Crippen LogP contribution in [-0.4, -0.2) is 48.6 Å². The molecule has 0 heterocycles. The van der Waals surface area contributed by atoms with E-state index in [0.717, 1.165) is 7.11 Å². The van der Waals surface area contributed by atoms with E-state index in [0.29, 0.717) is 0 Å². The molecule has 13 heavy (non-hydrogen) atoms. The molecule has 0 aliphatic carbocycles. The van der Waals surface area contributed by atoms with Gasteiger partial charge in [0, 0.05) is 20.6 Å². The van der Waals surface area contributed by atoms with Gasteiger partial charge < -0.3 is 19.7 Å². The Bertz CT molecular complexity index is 185. The first kappa shape index (κ1) is 11.9. The van der Waals surface area contributed by atoms with Gasteiger partial charge in [-0.05, 0) is 0 Å². The number of carboxylic acids is 2. The second-order valence-corrected chi connectivity index (χ2v) is 2.38. The van der Waals surface area contributed by atoms with E-state index >= 15 is 0 Å². The zero-order chi connectivity index (χ0) is 10.5. The smallest absolute Gasteiger partial charge is 0.347 e. The van der Waals surface area contributed by atoms with Gasteiger partial charge in [-0.15, -0.1) is 0 Å². The molecular formula is C7H12O6.